The Labute approximate surface area is 194 Å². The van der Waals surface area contributed by atoms with Gasteiger partial charge in [0.1, 0.15) is 6.61 Å². The first kappa shape index (κ1) is 23.5. The van der Waals surface area contributed by atoms with Gasteiger partial charge in [0.05, 0.1) is 12.1 Å². The SMILES string of the molecule is CCCCC(=O)Nc1ccc(NCc2cc(Cl)c(OCc3ccccc3)c(OC)c2)cc1. The van der Waals surface area contributed by atoms with Crippen LogP contribution in [0, 0.1) is 0 Å². The van der Waals surface area contributed by atoms with Crippen LogP contribution in [-0.2, 0) is 17.9 Å². The molecule has 0 saturated heterocycles. The molecule has 0 unspecified atom stereocenters. The summed E-state index contributed by atoms with van der Waals surface area (Å²) in [6.45, 7) is 3.05. The predicted molar refractivity (Wildman–Crippen MR) is 131 cm³/mol. The van der Waals surface area contributed by atoms with Gasteiger partial charge in [-0.05, 0) is 53.9 Å². The van der Waals surface area contributed by atoms with E-state index in [9.17, 15) is 4.79 Å². The lowest BCUT2D eigenvalue weighted by molar-refractivity contribution is -0.116. The number of halogens is 1. The molecule has 5 nitrogen and oxygen atoms in total. The molecule has 2 N–H and O–H groups in total. The summed E-state index contributed by atoms with van der Waals surface area (Å²) >= 11 is 6.49. The van der Waals surface area contributed by atoms with Crippen LogP contribution >= 0.6 is 11.6 Å². The highest BCUT2D eigenvalue weighted by Crippen LogP contribution is 2.37. The van der Waals surface area contributed by atoms with Crippen LogP contribution in [0.3, 0.4) is 0 Å². The number of unbranched alkanes of at least 4 members (excludes halogenated alkanes) is 1. The molecule has 6 heteroatoms. The highest BCUT2D eigenvalue weighted by molar-refractivity contribution is 6.32. The molecule has 0 heterocycles. The molecule has 0 aliphatic carbocycles. The van der Waals surface area contributed by atoms with Crippen LogP contribution < -0.4 is 20.1 Å². The van der Waals surface area contributed by atoms with Crippen LogP contribution in [0.1, 0.15) is 37.3 Å². The second kappa shape index (κ2) is 12.0. The zero-order valence-electron chi connectivity index (χ0n) is 18.5. The molecule has 3 aromatic rings. The van der Waals surface area contributed by atoms with Crippen LogP contribution in [0.2, 0.25) is 5.02 Å². The number of rotatable bonds is 11. The van der Waals surface area contributed by atoms with Gasteiger partial charge in [0, 0.05) is 24.3 Å². The maximum Gasteiger partial charge on any atom is 0.224 e. The number of carbonyl (C=O) groups excluding carboxylic acids is 1. The van der Waals surface area contributed by atoms with Gasteiger partial charge in [0.15, 0.2) is 11.5 Å². The van der Waals surface area contributed by atoms with Gasteiger partial charge >= 0.3 is 0 Å². The third-order valence-electron chi connectivity index (χ3n) is 4.94. The monoisotopic (exact) mass is 452 g/mol. The van der Waals surface area contributed by atoms with Gasteiger partial charge in [-0.1, -0.05) is 55.3 Å². The Morgan fingerprint density at radius 1 is 0.969 bits per heavy atom. The Kier molecular flexibility index (Phi) is 8.81. The second-order valence-corrected chi connectivity index (χ2v) is 7.87. The van der Waals surface area contributed by atoms with Crippen molar-refractivity contribution >= 4 is 28.9 Å². The van der Waals surface area contributed by atoms with E-state index in [1.165, 1.54) is 0 Å². The Morgan fingerprint density at radius 2 is 1.69 bits per heavy atom. The zero-order valence-corrected chi connectivity index (χ0v) is 19.2. The fraction of sp³-hybridized carbons (Fsp3) is 0.269. The molecule has 0 spiro atoms. The number of carbonyl (C=O) groups is 1. The second-order valence-electron chi connectivity index (χ2n) is 7.47. The summed E-state index contributed by atoms with van der Waals surface area (Å²) in [5.41, 5.74) is 3.76. The standard InChI is InChI=1S/C26H29ClN2O3/c1-3-4-10-25(30)29-22-13-11-21(12-14-22)28-17-20-15-23(27)26(24(16-20)31-2)32-18-19-8-6-5-7-9-19/h5-9,11-16,28H,3-4,10,17-18H2,1-2H3,(H,29,30). The van der Waals surface area contributed by atoms with Crippen molar-refractivity contribution in [3.8, 4) is 11.5 Å². The van der Waals surface area contributed by atoms with Crippen LogP contribution in [-0.4, -0.2) is 13.0 Å². The van der Waals surface area contributed by atoms with E-state index < -0.39 is 0 Å². The van der Waals surface area contributed by atoms with Crippen LogP contribution in [0.5, 0.6) is 11.5 Å². The predicted octanol–water partition coefficient (Wildman–Crippen LogP) is 6.67. The Balaban J connectivity index is 1.59. The van der Waals surface area contributed by atoms with E-state index >= 15 is 0 Å². The molecule has 0 fully saturated rings. The molecule has 0 bridgehead atoms. The molecule has 168 valence electrons. The fourth-order valence-electron chi connectivity index (χ4n) is 3.18. The molecule has 0 atom stereocenters. The number of hydrogen-bond acceptors (Lipinski definition) is 4. The number of methoxy groups -OCH3 is 1. The van der Waals surface area contributed by atoms with Gasteiger partial charge < -0.3 is 20.1 Å². The molecule has 0 aliphatic rings. The van der Waals surface area contributed by atoms with Gasteiger partial charge in [0.25, 0.3) is 0 Å². The lowest BCUT2D eigenvalue weighted by Gasteiger charge is -2.15. The normalized spacial score (nSPS) is 10.5. The van der Waals surface area contributed by atoms with Gasteiger partial charge in [-0.3, -0.25) is 4.79 Å². The fourth-order valence-corrected chi connectivity index (χ4v) is 3.47. The summed E-state index contributed by atoms with van der Waals surface area (Å²) < 4.78 is 11.4. The van der Waals surface area contributed by atoms with Crippen LogP contribution in [0.25, 0.3) is 0 Å². The smallest absolute Gasteiger partial charge is 0.224 e. The molecule has 0 aromatic heterocycles. The van der Waals surface area contributed by atoms with Crippen molar-refractivity contribution in [3.05, 3.63) is 82.9 Å². The zero-order chi connectivity index (χ0) is 22.8. The summed E-state index contributed by atoms with van der Waals surface area (Å²) in [5, 5.41) is 6.78. The molecule has 0 saturated carbocycles. The van der Waals surface area contributed by atoms with Crippen molar-refractivity contribution in [3.63, 3.8) is 0 Å². The Bertz CT molecular complexity index is 1010. The molecular weight excluding hydrogens is 424 g/mol. The van der Waals surface area contributed by atoms with E-state index in [1.807, 2.05) is 66.7 Å². The van der Waals surface area contributed by atoms with Gasteiger partial charge in [-0.15, -0.1) is 0 Å². The maximum absolute atomic E-state index is 11.9. The molecule has 1 amide bonds. The van der Waals surface area contributed by atoms with Crippen molar-refractivity contribution in [2.45, 2.75) is 39.3 Å². The third kappa shape index (κ3) is 6.92. The minimum atomic E-state index is 0.0452. The molecule has 3 rings (SSSR count). The summed E-state index contributed by atoms with van der Waals surface area (Å²) in [5.74, 6) is 1.17. The van der Waals surface area contributed by atoms with Crippen LogP contribution in [0.15, 0.2) is 66.7 Å². The Hall–Kier alpha value is -3.18. The van der Waals surface area contributed by atoms with Crippen LogP contribution in [0.4, 0.5) is 11.4 Å². The Morgan fingerprint density at radius 3 is 2.38 bits per heavy atom. The summed E-state index contributed by atoms with van der Waals surface area (Å²) in [6, 6.07) is 21.4. The first-order chi connectivity index (χ1) is 15.6. The number of amides is 1. The number of ether oxygens (including phenoxy) is 2. The van der Waals surface area contributed by atoms with E-state index in [2.05, 4.69) is 17.6 Å². The van der Waals surface area contributed by atoms with Crippen molar-refractivity contribution < 1.29 is 14.3 Å². The highest BCUT2D eigenvalue weighted by Gasteiger charge is 2.12. The first-order valence-electron chi connectivity index (χ1n) is 10.8. The molecule has 0 aliphatic heterocycles. The van der Waals surface area contributed by atoms with E-state index in [4.69, 9.17) is 21.1 Å². The number of hydrogen-bond donors (Lipinski definition) is 2. The van der Waals surface area contributed by atoms with Gasteiger partial charge in [-0.2, -0.15) is 0 Å². The van der Waals surface area contributed by atoms with Crippen molar-refractivity contribution in [2.24, 2.45) is 0 Å². The largest absolute Gasteiger partial charge is 0.493 e. The average molecular weight is 453 g/mol. The highest BCUT2D eigenvalue weighted by atomic mass is 35.5. The van der Waals surface area contributed by atoms with E-state index in [0.29, 0.717) is 36.1 Å². The third-order valence-corrected chi connectivity index (χ3v) is 5.22. The topological polar surface area (TPSA) is 59.6 Å². The maximum atomic E-state index is 11.9. The number of anilines is 2. The van der Waals surface area contributed by atoms with Crippen molar-refractivity contribution in [1.82, 2.24) is 0 Å². The summed E-state index contributed by atoms with van der Waals surface area (Å²) in [6.07, 6.45) is 2.45. The first-order valence-corrected chi connectivity index (χ1v) is 11.1. The minimum absolute atomic E-state index is 0.0452. The van der Waals surface area contributed by atoms with Crippen molar-refractivity contribution in [1.29, 1.82) is 0 Å². The number of nitrogens with one attached hydrogen (secondary N) is 2. The van der Waals surface area contributed by atoms with E-state index in [-0.39, 0.29) is 5.91 Å². The van der Waals surface area contributed by atoms with Crippen molar-refractivity contribution in [2.75, 3.05) is 17.7 Å². The summed E-state index contributed by atoms with van der Waals surface area (Å²) in [4.78, 5) is 11.9. The van der Waals surface area contributed by atoms with E-state index in [1.54, 1.807) is 7.11 Å². The van der Waals surface area contributed by atoms with Gasteiger partial charge in [-0.25, -0.2) is 0 Å². The van der Waals surface area contributed by atoms with Gasteiger partial charge in [0.2, 0.25) is 5.91 Å². The lowest BCUT2D eigenvalue weighted by Crippen LogP contribution is -2.10. The van der Waals surface area contributed by atoms with E-state index in [0.717, 1.165) is 35.3 Å². The molecule has 32 heavy (non-hydrogen) atoms. The number of benzene rings is 3. The lowest BCUT2D eigenvalue weighted by atomic mass is 10.2. The summed E-state index contributed by atoms with van der Waals surface area (Å²) in [7, 11) is 1.60. The quantitative estimate of drug-likeness (QED) is 0.341. The molecular formula is C26H29ClN2O3. The minimum Gasteiger partial charge on any atom is -0.493 e. The molecule has 3 aromatic carbocycles. The molecule has 0 radical (unpaired) electrons. The average Bonchev–Trinajstić information content (AvgIpc) is 2.82.